The van der Waals surface area contributed by atoms with Gasteiger partial charge in [-0.25, -0.2) is 4.98 Å². The third kappa shape index (κ3) is 6.08. The average Bonchev–Trinajstić information content (AvgIpc) is 2.60. The van der Waals surface area contributed by atoms with E-state index in [4.69, 9.17) is 16.3 Å². The first kappa shape index (κ1) is 18.1. The van der Waals surface area contributed by atoms with Crippen LogP contribution in [-0.4, -0.2) is 31.1 Å². The molecule has 6 heteroatoms. The van der Waals surface area contributed by atoms with Crippen LogP contribution in [0.5, 0.6) is 5.75 Å². The molecule has 1 heterocycles. The van der Waals surface area contributed by atoms with Crippen molar-refractivity contribution in [3.05, 3.63) is 58.9 Å². The van der Waals surface area contributed by atoms with Gasteiger partial charge in [0.1, 0.15) is 10.9 Å². The number of ether oxygens (including phenoxy) is 1. The Bertz CT molecular complexity index is 658. The predicted molar refractivity (Wildman–Crippen MR) is 98.8 cm³/mol. The first-order valence-corrected chi connectivity index (χ1v) is 8.35. The molecule has 0 radical (unpaired) electrons. The van der Waals surface area contributed by atoms with Crippen molar-refractivity contribution >= 4 is 17.6 Å². The Morgan fingerprint density at radius 3 is 2.79 bits per heavy atom. The number of hydrogen-bond acceptors (Lipinski definition) is 3. The number of pyridine rings is 1. The van der Waals surface area contributed by atoms with Crippen molar-refractivity contribution in [3.63, 3.8) is 0 Å². The first-order chi connectivity index (χ1) is 11.7. The van der Waals surface area contributed by atoms with Gasteiger partial charge < -0.3 is 15.4 Å². The molecule has 0 unspecified atom stereocenters. The average molecular weight is 347 g/mol. The highest BCUT2D eigenvalue weighted by Gasteiger charge is 2.01. The maximum absolute atomic E-state index is 5.78. The molecule has 128 valence electrons. The van der Waals surface area contributed by atoms with E-state index in [1.165, 1.54) is 0 Å². The highest BCUT2D eigenvalue weighted by molar-refractivity contribution is 6.29. The number of guanidine groups is 1. The first-order valence-electron chi connectivity index (χ1n) is 7.98. The summed E-state index contributed by atoms with van der Waals surface area (Å²) in [6.45, 7) is 4.09. The molecule has 0 spiro atoms. The van der Waals surface area contributed by atoms with Gasteiger partial charge in [-0.1, -0.05) is 29.8 Å². The summed E-state index contributed by atoms with van der Waals surface area (Å²) >= 11 is 5.78. The zero-order valence-corrected chi connectivity index (χ0v) is 14.8. The van der Waals surface area contributed by atoms with E-state index in [2.05, 4.69) is 26.7 Å². The van der Waals surface area contributed by atoms with Crippen LogP contribution in [0.25, 0.3) is 0 Å². The number of rotatable bonds is 7. The van der Waals surface area contributed by atoms with Crippen LogP contribution in [0, 0.1) is 0 Å². The number of aromatic nitrogens is 1. The summed E-state index contributed by atoms with van der Waals surface area (Å²) in [5.41, 5.74) is 2.28. The maximum atomic E-state index is 5.78. The SMILES string of the molecule is CCOc1cccc(CNC(=NC)NCCc2ccc(Cl)nc2)c1. The van der Waals surface area contributed by atoms with E-state index in [0.717, 1.165) is 35.8 Å². The predicted octanol–water partition coefficient (Wildman–Crippen LogP) is 3.04. The molecule has 0 aliphatic heterocycles. The minimum Gasteiger partial charge on any atom is -0.494 e. The number of nitrogens with zero attached hydrogens (tertiary/aromatic N) is 2. The second kappa shape index (κ2) is 9.78. The second-order valence-corrected chi connectivity index (χ2v) is 5.56. The smallest absolute Gasteiger partial charge is 0.191 e. The molecule has 2 N–H and O–H groups in total. The molecule has 0 amide bonds. The molecule has 0 atom stereocenters. The highest BCUT2D eigenvalue weighted by Crippen LogP contribution is 2.12. The summed E-state index contributed by atoms with van der Waals surface area (Å²) in [7, 11) is 1.76. The molecule has 5 nitrogen and oxygen atoms in total. The molecule has 0 aliphatic rings. The van der Waals surface area contributed by atoms with Gasteiger partial charge in [0.25, 0.3) is 0 Å². The fraction of sp³-hybridized carbons (Fsp3) is 0.333. The zero-order valence-electron chi connectivity index (χ0n) is 14.1. The molecule has 0 bridgehead atoms. The number of hydrogen-bond donors (Lipinski definition) is 2. The summed E-state index contributed by atoms with van der Waals surface area (Å²) in [5.74, 6) is 1.65. The lowest BCUT2D eigenvalue weighted by Gasteiger charge is -2.12. The van der Waals surface area contributed by atoms with Crippen LogP contribution >= 0.6 is 11.6 Å². The molecule has 2 aromatic rings. The molecule has 24 heavy (non-hydrogen) atoms. The molecular formula is C18H23ClN4O. The summed E-state index contributed by atoms with van der Waals surface area (Å²) in [4.78, 5) is 8.31. The van der Waals surface area contributed by atoms with Crippen molar-refractivity contribution in [2.24, 2.45) is 4.99 Å². The third-order valence-corrected chi connectivity index (χ3v) is 3.61. The van der Waals surface area contributed by atoms with Gasteiger partial charge in [0.2, 0.25) is 0 Å². The lowest BCUT2D eigenvalue weighted by molar-refractivity contribution is 0.340. The number of nitrogens with one attached hydrogen (secondary N) is 2. The van der Waals surface area contributed by atoms with Gasteiger partial charge in [-0.05, 0) is 42.7 Å². The van der Waals surface area contributed by atoms with Crippen molar-refractivity contribution in [1.29, 1.82) is 0 Å². The summed E-state index contributed by atoms with van der Waals surface area (Å²) in [6, 6.07) is 11.8. The monoisotopic (exact) mass is 346 g/mol. The molecule has 0 aliphatic carbocycles. The Labute approximate surface area is 148 Å². The Morgan fingerprint density at radius 1 is 1.21 bits per heavy atom. The highest BCUT2D eigenvalue weighted by atomic mass is 35.5. The van der Waals surface area contributed by atoms with Gasteiger partial charge in [0, 0.05) is 26.3 Å². The van der Waals surface area contributed by atoms with Gasteiger partial charge >= 0.3 is 0 Å². The minimum absolute atomic E-state index is 0.512. The van der Waals surface area contributed by atoms with Crippen LogP contribution in [0.3, 0.4) is 0 Å². The van der Waals surface area contributed by atoms with Crippen LogP contribution in [-0.2, 0) is 13.0 Å². The zero-order chi connectivity index (χ0) is 17.2. The van der Waals surface area contributed by atoms with Gasteiger partial charge in [0.05, 0.1) is 6.61 Å². The lowest BCUT2D eigenvalue weighted by Crippen LogP contribution is -2.37. The van der Waals surface area contributed by atoms with Crippen LogP contribution < -0.4 is 15.4 Å². The van der Waals surface area contributed by atoms with Gasteiger partial charge in [-0.15, -0.1) is 0 Å². The Balaban J connectivity index is 1.78. The summed E-state index contributed by atoms with van der Waals surface area (Å²) in [5, 5.41) is 7.10. The van der Waals surface area contributed by atoms with Gasteiger partial charge in [0.15, 0.2) is 5.96 Å². The van der Waals surface area contributed by atoms with Gasteiger partial charge in [-0.2, -0.15) is 0 Å². The van der Waals surface area contributed by atoms with Crippen molar-refractivity contribution in [1.82, 2.24) is 15.6 Å². The van der Waals surface area contributed by atoms with E-state index < -0.39 is 0 Å². The minimum atomic E-state index is 0.512. The topological polar surface area (TPSA) is 58.5 Å². The molecule has 0 saturated heterocycles. The standard InChI is InChI=1S/C18H23ClN4O/c1-3-24-16-6-4-5-15(11-16)13-23-18(20-2)21-10-9-14-7-8-17(19)22-12-14/h4-8,11-12H,3,9-10,13H2,1-2H3,(H2,20,21,23). The molecule has 1 aromatic carbocycles. The van der Waals surface area contributed by atoms with E-state index in [1.54, 1.807) is 19.3 Å². The van der Waals surface area contributed by atoms with Crippen molar-refractivity contribution < 1.29 is 4.74 Å². The number of aliphatic imine (C=N–C) groups is 1. The van der Waals surface area contributed by atoms with E-state index in [9.17, 15) is 0 Å². The third-order valence-electron chi connectivity index (χ3n) is 3.39. The van der Waals surface area contributed by atoms with E-state index in [1.807, 2.05) is 31.2 Å². The van der Waals surface area contributed by atoms with Crippen molar-refractivity contribution in [2.45, 2.75) is 19.9 Å². The Hall–Kier alpha value is -2.27. The van der Waals surface area contributed by atoms with Crippen LogP contribution in [0.1, 0.15) is 18.1 Å². The molecule has 0 fully saturated rings. The van der Waals surface area contributed by atoms with Crippen molar-refractivity contribution in [3.8, 4) is 5.75 Å². The fourth-order valence-electron chi connectivity index (χ4n) is 2.20. The fourth-order valence-corrected chi connectivity index (χ4v) is 2.31. The quantitative estimate of drug-likeness (QED) is 0.459. The van der Waals surface area contributed by atoms with Crippen molar-refractivity contribution in [2.75, 3.05) is 20.2 Å². The van der Waals surface area contributed by atoms with E-state index in [0.29, 0.717) is 18.3 Å². The van der Waals surface area contributed by atoms with Crippen LogP contribution in [0.2, 0.25) is 5.15 Å². The summed E-state index contributed by atoms with van der Waals surface area (Å²) < 4.78 is 5.51. The van der Waals surface area contributed by atoms with E-state index >= 15 is 0 Å². The molecule has 0 saturated carbocycles. The Kier molecular flexibility index (Phi) is 7.36. The number of benzene rings is 1. The van der Waals surface area contributed by atoms with Gasteiger partial charge in [-0.3, -0.25) is 4.99 Å². The number of halogens is 1. The van der Waals surface area contributed by atoms with Crippen LogP contribution in [0.15, 0.2) is 47.6 Å². The van der Waals surface area contributed by atoms with Crippen LogP contribution in [0.4, 0.5) is 0 Å². The summed E-state index contributed by atoms with van der Waals surface area (Å²) in [6.07, 6.45) is 2.64. The Morgan fingerprint density at radius 2 is 2.08 bits per heavy atom. The largest absolute Gasteiger partial charge is 0.494 e. The maximum Gasteiger partial charge on any atom is 0.191 e. The van der Waals surface area contributed by atoms with E-state index in [-0.39, 0.29) is 0 Å². The second-order valence-electron chi connectivity index (χ2n) is 5.17. The molecule has 1 aromatic heterocycles. The normalized spacial score (nSPS) is 11.2. The lowest BCUT2D eigenvalue weighted by atomic mass is 10.2. The molecule has 2 rings (SSSR count). The molecular weight excluding hydrogens is 324 g/mol.